The van der Waals surface area contributed by atoms with Crippen molar-refractivity contribution in [2.45, 2.75) is 0 Å². The molecule has 0 aliphatic rings. The van der Waals surface area contributed by atoms with Crippen molar-refractivity contribution < 1.29 is 14.3 Å². The topological polar surface area (TPSA) is 152 Å². The first-order chi connectivity index (χ1) is 11.1. The Kier molecular flexibility index (Phi) is 4.73. The Hall–Kier alpha value is -3.61. The number of aromatic nitrogens is 4. The Balaban J connectivity index is 2.42. The van der Waals surface area contributed by atoms with E-state index < -0.39 is 5.91 Å². The van der Waals surface area contributed by atoms with Crippen LogP contribution in [-0.2, 0) is 0 Å². The molecule has 0 fully saturated rings. The average Bonchev–Trinajstić information content (AvgIpc) is 3.08. The van der Waals surface area contributed by atoms with Gasteiger partial charge in [-0.05, 0) is 11.3 Å². The second kappa shape index (κ2) is 6.90. The van der Waals surface area contributed by atoms with Gasteiger partial charge in [-0.15, -0.1) is 10.2 Å². The molecular weight excluding hydrogens is 302 g/mol. The predicted molar refractivity (Wildman–Crippen MR) is 79.5 cm³/mol. The van der Waals surface area contributed by atoms with Crippen LogP contribution < -0.4 is 20.5 Å². The van der Waals surface area contributed by atoms with Gasteiger partial charge in [0.25, 0.3) is 5.91 Å². The summed E-state index contributed by atoms with van der Waals surface area (Å²) in [7, 11) is 2.90. The number of nitrogens with two attached hydrogens (primary N) is 1. The van der Waals surface area contributed by atoms with Crippen molar-refractivity contribution in [3.05, 3.63) is 29.7 Å². The van der Waals surface area contributed by atoms with Crippen LogP contribution in [0.5, 0.6) is 11.5 Å². The molecule has 23 heavy (non-hydrogen) atoms. The third-order valence-corrected chi connectivity index (χ3v) is 2.87. The second-order valence-electron chi connectivity index (χ2n) is 4.17. The first kappa shape index (κ1) is 15.8. The fourth-order valence-corrected chi connectivity index (χ4v) is 1.77. The minimum Gasteiger partial charge on any atom is -0.493 e. The van der Waals surface area contributed by atoms with Gasteiger partial charge in [0.1, 0.15) is 11.6 Å². The van der Waals surface area contributed by atoms with Crippen LogP contribution in [0.2, 0.25) is 0 Å². The Bertz CT molecular complexity index is 778. The van der Waals surface area contributed by atoms with Gasteiger partial charge in [-0.3, -0.25) is 4.79 Å². The number of nitriles is 1. The lowest BCUT2D eigenvalue weighted by atomic mass is 10.1. The van der Waals surface area contributed by atoms with Crippen molar-refractivity contribution in [3.8, 4) is 17.6 Å². The SMILES string of the molecule is COc1cc(NC=C(C#N)c2nn[nH]n2)c(C(N)=O)cc1OC. The van der Waals surface area contributed by atoms with Crippen molar-refractivity contribution >= 4 is 17.2 Å². The number of carbonyl (C=O) groups is 1. The number of nitrogens with one attached hydrogen (secondary N) is 2. The highest BCUT2D eigenvalue weighted by atomic mass is 16.5. The minimum absolute atomic E-state index is 0.112. The smallest absolute Gasteiger partial charge is 0.250 e. The fourth-order valence-electron chi connectivity index (χ4n) is 1.77. The van der Waals surface area contributed by atoms with Crippen LogP contribution in [0.3, 0.4) is 0 Å². The molecule has 1 amide bonds. The summed E-state index contributed by atoms with van der Waals surface area (Å²) in [6, 6.07) is 4.89. The van der Waals surface area contributed by atoms with Crippen LogP contribution in [-0.4, -0.2) is 40.8 Å². The van der Waals surface area contributed by atoms with E-state index in [2.05, 4.69) is 25.9 Å². The lowest BCUT2D eigenvalue weighted by Crippen LogP contribution is -2.14. The molecule has 10 nitrogen and oxygen atoms in total. The van der Waals surface area contributed by atoms with Gasteiger partial charge in [0.05, 0.1) is 25.5 Å². The predicted octanol–water partition coefficient (Wildman–Crippen LogP) is 0.292. The number of H-pyrrole nitrogens is 1. The Labute approximate surface area is 130 Å². The largest absolute Gasteiger partial charge is 0.493 e. The summed E-state index contributed by atoms with van der Waals surface area (Å²) in [5, 5.41) is 25.0. The number of ether oxygens (including phenoxy) is 2. The number of hydrogen-bond donors (Lipinski definition) is 3. The zero-order valence-electron chi connectivity index (χ0n) is 12.3. The monoisotopic (exact) mass is 315 g/mol. The normalized spacial score (nSPS) is 10.7. The molecule has 118 valence electrons. The van der Waals surface area contributed by atoms with Crippen molar-refractivity contribution in [2.24, 2.45) is 5.73 Å². The van der Waals surface area contributed by atoms with Gasteiger partial charge >= 0.3 is 0 Å². The van der Waals surface area contributed by atoms with Crippen molar-refractivity contribution in [3.63, 3.8) is 0 Å². The zero-order valence-corrected chi connectivity index (χ0v) is 12.3. The summed E-state index contributed by atoms with van der Waals surface area (Å²) in [5.74, 6) is 0.196. The summed E-state index contributed by atoms with van der Waals surface area (Å²) in [4.78, 5) is 11.6. The van der Waals surface area contributed by atoms with Crippen molar-refractivity contribution in [1.29, 1.82) is 5.26 Å². The fraction of sp³-hybridized carbons (Fsp3) is 0.154. The van der Waals surface area contributed by atoms with Crippen molar-refractivity contribution in [2.75, 3.05) is 19.5 Å². The first-order valence-electron chi connectivity index (χ1n) is 6.27. The number of aromatic amines is 1. The molecule has 0 atom stereocenters. The van der Waals surface area contributed by atoms with E-state index in [4.69, 9.17) is 20.5 Å². The average molecular weight is 315 g/mol. The van der Waals surface area contributed by atoms with Crippen LogP contribution in [0.4, 0.5) is 5.69 Å². The van der Waals surface area contributed by atoms with Gasteiger partial charge in [-0.2, -0.15) is 10.5 Å². The molecule has 2 rings (SSSR count). The summed E-state index contributed by atoms with van der Waals surface area (Å²) >= 11 is 0. The minimum atomic E-state index is -0.667. The third kappa shape index (κ3) is 3.35. The summed E-state index contributed by atoms with van der Waals surface area (Å²) in [5.41, 5.74) is 5.99. The van der Waals surface area contributed by atoms with E-state index in [1.807, 2.05) is 6.07 Å². The molecule has 1 aromatic heterocycles. The highest BCUT2D eigenvalue weighted by molar-refractivity contribution is 6.00. The molecule has 1 heterocycles. The number of carbonyl (C=O) groups excluding carboxylic acids is 1. The van der Waals surface area contributed by atoms with Gasteiger partial charge in [-0.1, -0.05) is 0 Å². The van der Waals surface area contributed by atoms with Crippen molar-refractivity contribution in [1.82, 2.24) is 20.6 Å². The number of methoxy groups -OCH3 is 2. The highest BCUT2D eigenvalue weighted by Gasteiger charge is 2.15. The van der Waals surface area contributed by atoms with Gasteiger partial charge in [0.2, 0.25) is 5.82 Å². The molecule has 0 aliphatic carbocycles. The molecule has 4 N–H and O–H groups in total. The van der Waals surface area contributed by atoms with Crippen LogP contribution >= 0.6 is 0 Å². The molecular formula is C13H13N7O3. The van der Waals surface area contributed by atoms with Gasteiger partial charge < -0.3 is 20.5 Å². The lowest BCUT2D eigenvalue weighted by Gasteiger charge is -2.13. The third-order valence-electron chi connectivity index (χ3n) is 2.87. The molecule has 0 saturated carbocycles. The lowest BCUT2D eigenvalue weighted by molar-refractivity contribution is 0.100. The highest BCUT2D eigenvalue weighted by Crippen LogP contribution is 2.33. The summed E-state index contributed by atoms with van der Waals surface area (Å²) in [6.07, 6.45) is 1.33. The van der Waals surface area contributed by atoms with Crippen LogP contribution in [0.25, 0.3) is 5.57 Å². The van der Waals surface area contributed by atoms with Crippen LogP contribution in [0, 0.1) is 11.3 Å². The molecule has 1 aromatic carbocycles. The molecule has 0 aliphatic heterocycles. The van der Waals surface area contributed by atoms with E-state index >= 15 is 0 Å². The molecule has 0 bridgehead atoms. The number of primary amides is 1. The number of amides is 1. The van der Waals surface area contributed by atoms with E-state index in [-0.39, 0.29) is 17.0 Å². The summed E-state index contributed by atoms with van der Waals surface area (Å²) < 4.78 is 10.3. The number of allylic oxidation sites excluding steroid dienone is 1. The van der Waals surface area contributed by atoms with Crippen LogP contribution in [0.15, 0.2) is 18.3 Å². The van der Waals surface area contributed by atoms with Gasteiger partial charge in [-0.25, -0.2) is 0 Å². The quantitative estimate of drug-likeness (QED) is 0.643. The number of rotatable bonds is 6. The van der Waals surface area contributed by atoms with E-state index in [1.165, 1.54) is 32.6 Å². The molecule has 0 spiro atoms. The Morgan fingerprint density at radius 3 is 2.61 bits per heavy atom. The van der Waals surface area contributed by atoms with E-state index in [1.54, 1.807) is 0 Å². The van der Waals surface area contributed by atoms with Crippen LogP contribution in [0.1, 0.15) is 16.2 Å². The molecule has 2 aromatic rings. The van der Waals surface area contributed by atoms with E-state index in [9.17, 15) is 4.79 Å². The number of benzene rings is 1. The van der Waals surface area contributed by atoms with Gasteiger partial charge in [0.15, 0.2) is 11.5 Å². The number of nitrogens with zero attached hydrogens (tertiary/aromatic N) is 4. The number of anilines is 1. The summed E-state index contributed by atoms with van der Waals surface area (Å²) in [6.45, 7) is 0. The Morgan fingerprint density at radius 2 is 2.09 bits per heavy atom. The van der Waals surface area contributed by atoms with E-state index in [0.29, 0.717) is 17.2 Å². The van der Waals surface area contributed by atoms with Gasteiger partial charge in [0, 0.05) is 12.3 Å². The molecule has 0 unspecified atom stereocenters. The maximum absolute atomic E-state index is 11.6. The molecule has 0 radical (unpaired) electrons. The molecule has 10 heteroatoms. The van der Waals surface area contributed by atoms with E-state index in [0.717, 1.165) is 0 Å². The maximum Gasteiger partial charge on any atom is 0.250 e. The standard InChI is InChI=1S/C13H13N7O3/c1-22-10-3-8(12(15)21)9(4-11(10)23-2)16-6-7(5-14)13-17-19-20-18-13/h3-4,6,16H,1-2H3,(H2,15,21)(H,17,18,19,20). The molecule has 0 saturated heterocycles. The first-order valence-corrected chi connectivity index (χ1v) is 6.27. The number of hydrogen-bond acceptors (Lipinski definition) is 8. The zero-order chi connectivity index (χ0) is 16.8. The second-order valence-corrected chi connectivity index (χ2v) is 4.17. The maximum atomic E-state index is 11.6. The number of tetrazole rings is 1. The Morgan fingerprint density at radius 1 is 1.39 bits per heavy atom.